The zero-order valence-electron chi connectivity index (χ0n) is 9.84. The van der Waals surface area contributed by atoms with Crippen LogP contribution in [0.4, 0.5) is 0 Å². The van der Waals surface area contributed by atoms with Crippen LogP contribution in [0.3, 0.4) is 0 Å². The van der Waals surface area contributed by atoms with Gasteiger partial charge in [-0.2, -0.15) is 0 Å². The molecule has 2 aromatic rings. The number of hydrazine groups is 1. The van der Waals surface area contributed by atoms with E-state index in [2.05, 4.69) is 5.43 Å². The Morgan fingerprint density at radius 3 is 2.94 bits per heavy atom. The number of rotatable bonds is 3. The first-order valence-electron chi connectivity index (χ1n) is 5.36. The van der Waals surface area contributed by atoms with Gasteiger partial charge in [-0.3, -0.25) is 15.0 Å². The fraction of sp³-hybridized carbons (Fsp3) is 0.167. The molecule has 0 aliphatic heterocycles. The zero-order chi connectivity index (χ0) is 13.1. The number of carbonyl (C=O) groups excluding carboxylic acids is 1. The van der Waals surface area contributed by atoms with Crippen molar-refractivity contribution in [2.75, 3.05) is 0 Å². The fourth-order valence-corrected chi connectivity index (χ4v) is 2.46. The summed E-state index contributed by atoms with van der Waals surface area (Å²) in [5.74, 6) is 4.78. The van der Waals surface area contributed by atoms with E-state index in [1.165, 1.54) is 11.3 Å². The Hall–Kier alpha value is -1.92. The van der Waals surface area contributed by atoms with Crippen molar-refractivity contribution in [3.63, 3.8) is 0 Å². The minimum Gasteiger partial charge on any atom is -0.311 e. The molecule has 18 heavy (non-hydrogen) atoms. The van der Waals surface area contributed by atoms with Gasteiger partial charge in [0, 0.05) is 12.3 Å². The second-order valence-corrected chi connectivity index (χ2v) is 4.83. The minimum atomic E-state index is -0.333. The van der Waals surface area contributed by atoms with Crippen LogP contribution in [0, 0.1) is 6.92 Å². The minimum absolute atomic E-state index is 0.0830. The van der Waals surface area contributed by atoms with Crippen LogP contribution in [-0.2, 0) is 6.54 Å². The zero-order valence-corrected chi connectivity index (χ0v) is 10.7. The fourth-order valence-electron chi connectivity index (χ4n) is 1.65. The molecule has 2 heterocycles. The molecule has 5 nitrogen and oxygen atoms in total. The molecule has 1 amide bonds. The number of nitrogen functional groups attached to an aromatic ring is 1. The van der Waals surface area contributed by atoms with Crippen molar-refractivity contribution >= 4 is 17.2 Å². The molecule has 0 saturated heterocycles. The van der Waals surface area contributed by atoms with Gasteiger partial charge in [0.1, 0.15) is 0 Å². The van der Waals surface area contributed by atoms with Gasteiger partial charge in [0.25, 0.3) is 11.5 Å². The first-order valence-corrected chi connectivity index (χ1v) is 6.24. The Bertz CT molecular complexity index is 630. The number of nitrogens with zero attached hydrogens (tertiary/aromatic N) is 1. The van der Waals surface area contributed by atoms with E-state index in [-0.39, 0.29) is 11.5 Å². The predicted octanol–water partition coefficient (Wildman–Crippen LogP) is 0.870. The highest BCUT2D eigenvalue weighted by molar-refractivity contribution is 7.12. The maximum Gasteiger partial charge on any atom is 0.275 e. The van der Waals surface area contributed by atoms with Gasteiger partial charge < -0.3 is 4.57 Å². The number of amides is 1. The summed E-state index contributed by atoms with van der Waals surface area (Å²) in [5, 5.41) is 1.80. The van der Waals surface area contributed by atoms with E-state index < -0.39 is 0 Å². The number of hydrogen-bond acceptors (Lipinski definition) is 4. The molecule has 0 bridgehead atoms. The van der Waals surface area contributed by atoms with E-state index in [0.717, 1.165) is 11.1 Å². The third-order valence-corrected chi connectivity index (χ3v) is 3.53. The number of nitrogens with one attached hydrogen (secondary N) is 1. The molecule has 0 aromatic carbocycles. The van der Waals surface area contributed by atoms with E-state index in [1.807, 2.05) is 19.1 Å². The lowest BCUT2D eigenvalue weighted by Crippen LogP contribution is -2.30. The van der Waals surface area contributed by atoms with Crippen molar-refractivity contribution in [1.29, 1.82) is 0 Å². The van der Waals surface area contributed by atoms with Crippen LogP contribution in [-0.4, -0.2) is 10.5 Å². The van der Waals surface area contributed by atoms with Crippen LogP contribution < -0.4 is 16.8 Å². The number of aryl methyl sites for hydroxylation is 1. The number of hydrogen-bond donors (Lipinski definition) is 2. The largest absolute Gasteiger partial charge is 0.311 e. The van der Waals surface area contributed by atoms with Gasteiger partial charge >= 0.3 is 0 Å². The van der Waals surface area contributed by atoms with Gasteiger partial charge in [0.15, 0.2) is 0 Å². The SMILES string of the molecule is Cc1ccn(Cc2ccsc2C(=O)NN)c(=O)c1. The van der Waals surface area contributed by atoms with Crippen molar-refractivity contribution in [3.8, 4) is 0 Å². The van der Waals surface area contributed by atoms with Crippen molar-refractivity contribution in [2.45, 2.75) is 13.5 Å². The molecular weight excluding hydrogens is 250 g/mol. The lowest BCUT2D eigenvalue weighted by atomic mass is 10.2. The maximum atomic E-state index is 11.8. The molecule has 6 heteroatoms. The lowest BCUT2D eigenvalue weighted by Gasteiger charge is -2.06. The molecule has 0 unspecified atom stereocenters. The van der Waals surface area contributed by atoms with Crippen molar-refractivity contribution in [3.05, 3.63) is 56.1 Å². The quantitative estimate of drug-likeness (QED) is 0.490. The molecule has 0 radical (unpaired) electrons. The first kappa shape index (κ1) is 12.5. The van der Waals surface area contributed by atoms with Gasteiger partial charge in [-0.1, -0.05) is 0 Å². The van der Waals surface area contributed by atoms with Crippen LogP contribution in [0.25, 0.3) is 0 Å². The maximum absolute atomic E-state index is 11.8. The lowest BCUT2D eigenvalue weighted by molar-refractivity contribution is 0.0957. The van der Waals surface area contributed by atoms with Gasteiger partial charge in [-0.25, -0.2) is 5.84 Å². The van der Waals surface area contributed by atoms with Gasteiger partial charge in [0.05, 0.1) is 11.4 Å². The molecule has 2 rings (SSSR count). The molecule has 0 atom stereocenters. The summed E-state index contributed by atoms with van der Waals surface area (Å²) in [4.78, 5) is 23.8. The summed E-state index contributed by atoms with van der Waals surface area (Å²) in [6, 6.07) is 5.24. The smallest absolute Gasteiger partial charge is 0.275 e. The first-order chi connectivity index (χ1) is 8.61. The van der Waals surface area contributed by atoms with Crippen LogP contribution in [0.1, 0.15) is 20.8 Å². The van der Waals surface area contributed by atoms with E-state index in [4.69, 9.17) is 5.84 Å². The molecule has 0 fully saturated rings. The summed E-state index contributed by atoms with van der Waals surface area (Å²) < 4.78 is 1.56. The second kappa shape index (κ2) is 5.16. The van der Waals surface area contributed by atoms with Gasteiger partial charge in [-0.05, 0) is 35.6 Å². The third kappa shape index (κ3) is 2.49. The number of carbonyl (C=O) groups is 1. The Kier molecular flexibility index (Phi) is 3.59. The molecule has 0 spiro atoms. The van der Waals surface area contributed by atoms with Crippen molar-refractivity contribution in [2.24, 2.45) is 5.84 Å². The molecule has 3 N–H and O–H groups in total. The van der Waals surface area contributed by atoms with E-state index in [9.17, 15) is 9.59 Å². The van der Waals surface area contributed by atoms with Crippen molar-refractivity contribution in [1.82, 2.24) is 9.99 Å². The third-order valence-electron chi connectivity index (χ3n) is 2.58. The second-order valence-electron chi connectivity index (χ2n) is 3.92. The highest BCUT2D eigenvalue weighted by Crippen LogP contribution is 2.17. The average molecular weight is 263 g/mol. The molecular formula is C12H13N3O2S. The highest BCUT2D eigenvalue weighted by atomic mass is 32.1. The predicted molar refractivity (Wildman–Crippen MR) is 70.5 cm³/mol. The normalized spacial score (nSPS) is 10.3. The highest BCUT2D eigenvalue weighted by Gasteiger charge is 2.12. The summed E-state index contributed by atoms with van der Waals surface area (Å²) in [5.41, 5.74) is 3.72. The number of nitrogens with two attached hydrogens (primary N) is 1. The summed E-state index contributed by atoms with van der Waals surface area (Å²) >= 11 is 1.30. The summed E-state index contributed by atoms with van der Waals surface area (Å²) in [6.45, 7) is 2.23. The molecule has 0 aliphatic carbocycles. The Labute approximate surface area is 108 Å². The van der Waals surface area contributed by atoms with Crippen LogP contribution >= 0.6 is 11.3 Å². The molecule has 0 aliphatic rings. The van der Waals surface area contributed by atoms with Gasteiger partial charge in [-0.15, -0.1) is 11.3 Å². The summed E-state index contributed by atoms with van der Waals surface area (Å²) in [7, 11) is 0. The monoisotopic (exact) mass is 263 g/mol. The average Bonchev–Trinajstić information content (AvgIpc) is 2.80. The van der Waals surface area contributed by atoms with E-state index in [0.29, 0.717) is 11.4 Å². The van der Waals surface area contributed by atoms with E-state index >= 15 is 0 Å². The Morgan fingerprint density at radius 2 is 2.28 bits per heavy atom. The van der Waals surface area contributed by atoms with Gasteiger partial charge in [0.2, 0.25) is 0 Å². The topological polar surface area (TPSA) is 77.1 Å². The number of aromatic nitrogens is 1. The number of pyridine rings is 1. The molecule has 94 valence electrons. The standard InChI is InChI=1S/C12H13N3O2S/c1-8-2-4-15(10(16)6-8)7-9-3-5-18-11(9)12(17)14-13/h2-6H,7,13H2,1H3,(H,14,17). The summed E-state index contributed by atoms with van der Waals surface area (Å²) in [6.07, 6.45) is 1.72. The Balaban J connectivity index is 2.32. The van der Waals surface area contributed by atoms with Crippen molar-refractivity contribution < 1.29 is 4.79 Å². The molecule has 2 aromatic heterocycles. The van der Waals surface area contributed by atoms with Crippen LogP contribution in [0.5, 0.6) is 0 Å². The van der Waals surface area contributed by atoms with E-state index in [1.54, 1.807) is 22.2 Å². The Morgan fingerprint density at radius 1 is 1.50 bits per heavy atom. The van der Waals surface area contributed by atoms with Crippen LogP contribution in [0.15, 0.2) is 34.6 Å². The number of thiophene rings is 1. The molecule has 0 saturated carbocycles. The van der Waals surface area contributed by atoms with Crippen LogP contribution in [0.2, 0.25) is 0 Å².